The van der Waals surface area contributed by atoms with Crippen molar-refractivity contribution in [1.82, 2.24) is 20.1 Å². The van der Waals surface area contributed by atoms with Crippen molar-refractivity contribution in [3.05, 3.63) is 136 Å². The summed E-state index contributed by atoms with van der Waals surface area (Å²) < 4.78 is 20.7. The Labute approximate surface area is 230 Å². The number of nitrogens with one attached hydrogen (secondary N) is 2. The summed E-state index contributed by atoms with van der Waals surface area (Å²) in [6, 6.07) is 25.3. The van der Waals surface area contributed by atoms with Crippen molar-refractivity contribution >= 4 is 17.3 Å². The van der Waals surface area contributed by atoms with Gasteiger partial charge in [0.25, 0.3) is 11.5 Å². The highest BCUT2D eigenvalue weighted by atomic mass is 19.1. The Morgan fingerprint density at radius 3 is 2.50 bits per heavy atom. The Kier molecular flexibility index (Phi) is 7.92. The number of anilines is 2. The lowest BCUT2D eigenvalue weighted by atomic mass is 10.2. The molecule has 3 aromatic carbocycles. The lowest BCUT2D eigenvalue weighted by Crippen LogP contribution is -2.26. The molecule has 8 nitrogen and oxygen atoms in total. The second kappa shape index (κ2) is 12.0. The first-order valence-corrected chi connectivity index (χ1v) is 12.6. The molecular formula is C31H26FN5O3. The fourth-order valence-corrected chi connectivity index (χ4v) is 4.00. The molecular weight excluding hydrogens is 509 g/mol. The number of amides is 1. The summed E-state index contributed by atoms with van der Waals surface area (Å²) in [4.78, 5) is 30.4. The Morgan fingerprint density at radius 2 is 1.77 bits per heavy atom. The van der Waals surface area contributed by atoms with Crippen LogP contribution in [0.1, 0.15) is 21.6 Å². The fraction of sp³-hybridized carbons (Fsp3) is 0.0968. The van der Waals surface area contributed by atoms with Crippen LogP contribution >= 0.6 is 0 Å². The summed E-state index contributed by atoms with van der Waals surface area (Å²) in [5.74, 6) is 0.121. The van der Waals surface area contributed by atoms with Gasteiger partial charge in [-0.05, 0) is 85.3 Å². The van der Waals surface area contributed by atoms with E-state index in [-0.39, 0.29) is 17.3 Å². The van der Waals surface area contributed by atoms with E-state index in [1.807, 2.05) is 43.3 Å². The maximum absolute atomic E-state index is 13.5. The van der Waals surface area contributed by atoms with Gasteiger partial charge in [0.1, 0.15) is 11.6 Å². The molecule has 0 aliphatic carbocycles. The Bertz CT molecular complexity index is 1670. The summed E-state index contributed by atoms with van der Waals surface area (Å²) in [6.45, 7) is 2.39. The summed E-state index contributed by atoms with van der Waals surface area (Å²) in [6.07, 6.45) is 3.77. The van der Waals surface area contributed by atoms with E-state index in [2.05, 4.69) is 20.7 Å². The van der Waals surface area contributed by atoms with Gasteiger partial charge in [0.05, 0.1) is 11.9 Å². The van der Waals surface area contributed by atoms with Crippen LogP contribution in [0.15, 0.2) is 108 Å². The van der Waals surface area contributed by atoms with Gasteiger partial charge in [-0.1, -0.05) is 18.2 Å². The van der Waals surface area contributed by atoms with Gasteiger partial charge in [-0.25, -0.2) is 4.39 Å². The zero-order valence-corrected chi connectivity index (χ0v) is 21.7. The molecule has 5 rings (SSSR count). The average molecular weight is 536 g/mol. The quantitative estimate of drug-likeness (QED) is 0.256. The lowest BCUT2D eigenvalue weighted by molar-refractivity contribution is 0.0954. The maximum atomic E-state index is 13.5. The number of carbonyl (C=O) groups is 1. The number of hydrogen-bond donors (Lipinski definition) is 2. The predicted molar refractivity (Wildman–Crippen MR) is 151 cm³/mol. The van der Waals surface area contributed by atoms with Crippen LogP contribution in [0.4, 0.5) is 15.8 Å². The topological polar surface area (TPSA) is 98.1 Å². The zero-order valence-electron chi connectivity index (χ0n) is 21.7. The number of aromatic nitrogens is 3. The smallest absolute Gasteiger partial charge is 0.299 e. The van der Waals surface area contributed by atoms with Gasteiger partial charge in [0.15, 0.2) is 11.4 Å². The molecule has 0 unspecified atom stereocenters. The molecule has 0 aliphatic heterocycles. The molecule has 0 aliphatic rings. The van der Waals surface area contributed by atoms with Crippen LogP contribution in [0.5, 0.6) is 11.5 Å². The Hall–Kier alpha value is -5.31. The maximum Gasteiger partial charge on any atom is 0.299 e. The minimum absolute atomic E-state index is 0.133. The van der Waals surface area contributed by atoms with Crippen molar-refractivity contribution in [2.75, 3.05) is 11.9 Å². The lowest BCUT2D eigenvalue weighted by Gasteiger charge is -2.15. The van der Waals surface area contributed by atoms with Crippen LogP contribution in [0, 0.1) is 12.7 Å². The number of hydrogen-bond acceptors (Lipinski definition) is 6. The molecule has 1 amide bonds. The third-order valence-electron chi connectivity index (χ3n) is 6.04. The Morgan fingerprint density at radius 1 is 0.975 bits per heavy atom. The van der Waals surface area contributed by atoms with Crippen molar-refractivity contribution in [3.8, 4) is 17.2 Å². The molecule has 2 aromatic heterocycles. The van der Waals surface area contributed by atoms with Crippen molar-refractivity contribution in [3.63, 3.8) is 0 Å². The monoisotopic (exact) mass is 535 g/mol. The number of ether oxygens (including phenoxy) is 1. The number of pyridine rings is 1. The number of benzene rings is 3. The van der Waals surface area contributed by atoms with Crippen LogP contribution < -0.4 is 20.9 Å². The van der Waals surface area contributed by atoms with Gasteiger partial charge in [0, 0.05) is 36.1 Å². The number of nitrogens with zero attached hydrogens (tertiary/aromatic N) is 3. The molecule has 0 saturated heterocycles. The van der Waals surface area contributed by atoms with Gasteiger partial charge >= 0.3 is 0 Å². The third kappa shape index (κ3) is 6.39. The normalized spacial score (nSPS) is 10.7. The largest absolute Gasteiger partial charge is 0.453 e. The van der Waals surface area contributed by atoms with E-state index in [1.165, 1.54) is 30.5 Å². The molecule has 5 aromatic rings. The standard InChI is InChI=1S/C31H26FN5O3/c1-21-5-4-7-27(19-21)40-28-20-35-37(26-14-10-23(32)11-15-26)31(39)29(28)36-25-12-8-22(9-13-25)30(38)34-18-16-24-6-2-3-17-33-24/h2-15,17,19-20,36H,16,18H2,1H3,(H,34,38). The first-order chi connectivity index (χ1) is 19.5. The van der Waals surface area contributed by atoms with Crippen LogP contribution in [-0.4, -0.2) is 27.2 Å². The molecule has 2 heterocycles. The van der Waals surface area contributed by atoms with Gasteiger partial charge in [-0.2, -0.15) is 9.78 Å². The number of aryl methyl sites for hydroxylation is 1. The van der Waals surface area contributed by atoms with Crippen molar-refractivity contribution in [1.29, 1.82) is 0 Å². The number of carbonyl (C=O) groups excluding carboxylic acids is 1. The SMILES string of the molecule is Cc1cccc(Oc2cnn(-c3ccc(F)cc3)c(=O)c2Nc2ccc(C(=O)NCCc3ccccn3)cc2)c1. The van der Waals surface area contributed by atoms with Crippen LogP contribution in [-0.2, 0) is 6.42 Å². The van der Waals surface area contributed by atoms with E-state index in [0.717, 1.165) is 15.9 Å². The molecule has 2 N–H and O–H groups in total. The molecule has 0 spiro atoms. The summed E-state index contributed by atoms with van der Waals surface area (Å²) in [5, 5.41) is 10.3. The Balaban J connectivity index is 1.37. The van der Waals surface area contributed by atoms with E-state index in [0.29, 0.717) is 35.7 Å². The van der Waals surface area contributed by atoms with Gasteiger partial charge in [-0.15, -0.1) is 0 Å². The van der Waals surface area contributed by atoms with Crippen LogP contribution in [0.3, 0.4) is 0 Å². The fourth-order valence-electron chi connectivity index (χ4n) is 4.00. The average Bonchev–Trinajstić information content (AvgIpc) is 2.96. The highest BCUT2D eigenvalue weighted by Crippen LogP contribution is 2.29. The second-order valence-electron chi connectivity index (χ2n) is 9.03. The summed E-state index contributed by atoms with van der Waals surface area (Å²) >= 11 is 0. The summed E-state index contributed by atoms with van der Waals surface area (Å²) in [5.41, 5.74) is 2.97. The molecule has 9 heteroatoms. The third-order valence-corrected chi connectivity index (χ3v) is 6.04. The molecule has 0 saturated carbocycles. The van der Waals surface area contributed by atoms with Crippen LogP contribution in [0.25, 0.3) is 5.69 Å². The van der Waals surface area contributed by atoms with Crippen molar-refractivity contribution in [2.24, 2.45) is 0 Å². The highest BCUT2D eigenvalue weighted by Gasteiger charge is 2.16. The molecule has 200 valence electrons. The van der Waals surface area contributed by atoms with Crippen molar-refractivity contribution < 1.29 is 13.9 Å². The van der Waals surface area contributed by atoms with Gasteiger partial charge in [-0.3, -0.25) is 14.6 Å². The minimum Gasteiger partial charge on any atom is -0.453 e. The number of rotatable bonds is 9. The van der Waals surface area contributed by atoms with Crippen molar-refractivity contribution in [2.45, 2.75) is 13.3 Å². The van der Waals surface area contributed by atoms with E-state index >= 15 is 0 Å². The minimum atomic E-state index is -0.492. The van der Waals surface area contributed by atoms with E-state index in [1.54, 1.807) is 36.5 Å². The number of halogens is 1. The predicted octanol–water partition coefficient (Wildman–Crippen LogP) is 5.58. The van der Waals surface area contributed by atoms with Gasteiger partial charge in [0.2, 0.25) is 0 Å². The molecule has 40 heavy (non-hydrogen) atoms. The molecule has 0 radical (unpaired) electrons. The van der Waals surface area contributed by atoms with Crippen LogP contribution in [0.2, 0.25) is 0 Å². The zero-order chi connectivity index (χ0) is 27.9. The summed E-state index contributed by atoms with van der Waals surface area (Å²) in [7, 11) is 0. The molecule has 0 atom stereocenters. The molecule has 0 bridgehead atoms. The molecule has 0 fully saturated rings. The van der Waals surface area contributed by atoms with E-state index < -0.39 is 11.4 Å². The second-order valence-corrected chi connectivity index (χ2v) is 9.03. The first kappa shape index (κ1) is 26.3. The van der Waals surface area contributed by atoms with Gasteiger partial charge < -0.3 is 15.4 Å². The van der Waals surface area contributed by atoms with E-state index in [4.69, 9.17) is 4.74 Å². The highest BCUT2D eigenvalue weighted by molar-refractivity contribution is 5.94. The van der Waals surface area contributed by atoms with E-state index in [9.17, 15) is 14.0 Å². The first-order valence-electron chi connectivity index (χ1n) is 12.6.